The number of rotatable bonds is 4. The summed E-state index contributed by atoms with van der Waals surface area (Å²) < 4.78 is 7.40. The lowest BCUT2D eigenvalue weighted by Gasteiger charge is -2.13. The van der Waals surface area contributed by atoms with Gasteiger partial charge in [-0.25, -0.2) is 0 Å². The van der Waals surface area contributed by atoms with Gasteiger partial charge in [-0.15, -0.1) is 0 Å². The van der Waals surface area contributed by atoms with E-state index in [1.54, 1.807) is 68.1 Å². The van der Waals surface area contributed by atoms with Gasteiger partial charge in [-0.2, -0.15) is 0 Å². The van der Waals surface area contributed by atoms with Crippen LogP contribution < -0.4 is 15.6 Å². The molecule has 1 aromatic carbocycles. The standard InChI is InChI=1S/C21H16N4O3/c1-25-18-7-6-15(24-21(27)14-4-2-8-22-12-14)10-17(18)19(11-20(25)26)28-16-5-3-9-23-13-16/h2-13H,1H3,(H,24,27). The molecule has 4 aromatic rings. The first kappa shape index (κ1) is 17.4. The zero-order chi connectivity index (χ0) is 19.5. The van der Waals surface area contributed by atoms with Gasteiger partial charge in [0.1, 0.15) is 11.5 Å². The molecule has 7 heteroatoms. The smallest absolute Gasteiger partial charge is 0.257 e. The number of anilines is 1. The molecule has 1 N–H and O–H groups in total. The molecule has 0 bridgehead atoms. The Hall–Kier alpha value is -4.00. The zero-order valence-electron chi connectivity index (χ0n) is 15.0. The molecule has 0 aliphatic carbocycles. The minimum absolute atomic E-state index is 0.196. The van der Waals surface area contributed by atoms with Crippen molar-refractivity contribution in [2.45, 2.75) is 0 Å². The van der Waals surface area contributed by atoms with Gasteiger partial charge in [0.25, 0.3) is 11.5 Å². The topological polar surface area (TPSA) is 86.1 Å². The first-order valence-corrected chi connectivity index (χ1v) is 8.55. The molecule has 3 aromatic heterocycles. The van der Waals surface area contributed by atoms with E-state index in [2.05, 4.69) is 15.3 Å². The van der Waals surface area contributed by atoms with E-state index in [1.807, 2.05) is 0 Å². The Morgan fingerprint density at radius 3 is 2.54 bits per heavy atom. The Labute approximate surface area is 160 Å². The molecule has 7 nitrogen and oxygen atoms in total. The van der Waals surface area contributed by atoms with E-state index in [4.69, 9.17) is 4.74 Å². The van der Waals surface area contributed by atoms with Crippen LogP contribution in [0.1, 0.15) is 10.4 Å². The molecule has 0 atom stereocenters. The maximum Gasteiger partial charge on any atom is 0.257 e. The maximum atomic E-state index is 12.4. The minimum Gasteiger partial charge on any atom is -0.455 e. The maximum absolute atomic E-state index is 12.4. The highest BCUT2D eigenvalue weighted by Gasteiger charge is 2.12. The second-order valence-electron chi connectivity index (χ2n) is 6.12. The number of ether oxygens (including phenoxy) is 1. The SMILES string of the molecule is Cn1c(=O)cc(Oc2cccnc2)c2cc(NC(=O)c3cccnc3)ccc21. The van der Waals surface area contributed by atoms with Crippen molar-refractivity contribution < 1.29 is 9.53 Å². The van der Waals surface area contributed by atoms with Crippen LogP contribution in [-0.2, 0) is 7.05 Å². The van der Waals surface area contributed by atoms with E-state index < -0.39 is 0 Å². The van der Waals surface area contributed by atoms with Gasteiger partial charge in [0, 0.05) is 42.8 Å². The van der Waals surface area contributed by atoms with Gasteiger partial charge in [-0.1, -0.05) is 0 Å². The average molecular weight is 372 g/mol. The van der Waals surface area contributed by atoms with Gasteiger partial charge in [0.2, 0.25) is 0 Å². The highest BCUT2D eigenvalue weighted by Crippen LogP contribution is 2.30. The Bertz CT molecular complexity index is 1200. The van der Waals surface area contributed by atoms with Gasteiger partial charge >= 0.3 is 0 Å². The van der Waals surface area contributed by atoms with Crippen LogP contribution in [0.25, 0.3) is 10.9 Å². The van der Waals surface area contributed by atoms with E-state index in [0.29, 0.717) is 33.7 Å². The van der Waals surface area contributed by atoms with Gasteiger partial charge in [0.15, 0.2) is 0 Å². The van der Waals surface area contributed by atoms with Crippen molar-refractivity contribution in [1.29, 1.82) is 0 Å². The summed E-state index contributed by atoms with van der Waals surface area (Å²) in [6, 6.07) is 13.6. The van der Waals surface area contributed by atoms with Gasteiger partial charge in [0.05, 0.1) is 17.3 Å². The van der Waals surface area contributed by atoms with Crippen molar-refractivity contribution in [1.82, 2.24) is 14.5 Å². The summed E-state index contributed by atoms with van der Waals surface area (Å²) >= 11 is 0. The Morgan fingerprint density at radius 1 is 1.04 bits per heavy atom. The molecule has 138 valence electrons. The molecule has 0 saturated heterocycles. The number of aryl methyl sites for hydroxylation is 1. The van der Waals surface area contributed by atoms with Crippen LogP contribution in [-0.4, -0.2) is 20.4 Å². The van der Waals surface area contributed by atoms with Gasteiger partial charge in [-0.3, -0.25) is 19.6 Å². The molecule has 0 aliphatic heterocycles. The number of fused-ring (bicyclic) bond motifs is 1. The van der Waals surface area contributed by atoms with Gasteiger partial charge < -0.3 is 14.6 Å². The van der Waals surface area contributed by atoms with E-state index in [0.717, 1.165) is 0 Å². The second kappa shape index (κ2) is 7.32. The lowest BCUT2D eigenvalue weighted by Crippen LogP contribution is -2.16. The lowest BCUT2D eigenvalue weighted by atomic mass is 10.1. The third kappa shape index (κ3) is 3.45. The van der Waals surface area contributed by atoms with Crippen molar-refractivity contribution in [3.8, 4) is 11.5 Å². The third-order valence-corrected chi connectivity index (χ3v) is 4.25. The van der Waals surface area contributed by atoms with E-state index in [-0.39, 0.29) is 11.5 Å². The van der Waals surface area contributed by atoms with Gasteiger partial charge in [-0.05, 0) is 42.5 Å². The van der Waals surface area contributed by atoms with Crippen molar-refractivity contribution in [3.63, 3.8) is 0 Å². The zero-order valence-corrected chi connectivity index (χ0v) is 15.0. The number of hydrogen-bond donors (Lipinski definition) is 1. The third-order valence-electron chi connectivity index (χ3n) is 4.25. The Morgan fingerprint density at radius 2 is 1.82 bits per heavy atom. The number of carbonyl (C=O) groups excluding carboxylic acids is 1. The highest BCUT2D eigenvalue weighted by molar-refractivity contribution is 6.05. The van der Waals surface area contributed by atoms with Crippen LogP contribution in [0.3, 0.4) is 0 Å². The fourth-order valence-electron chi connectivity index (χ4n) is 2.83. The highest BCUT2D eigenvalue weighted by atomic mass is 16.5. The minimum atomic E-state index is -0.271. The molecule has 1 amide bonds. The predicted molar refractivity (Wildman–Crippen MR) is 106 cm³/mol. The number of hydrogen-bond acceptors (Lipinski definition) is 5. The summed E-state index contributed by atoms with van der Waals surface area (Å²) in [5.74, 6) is 0.637. The number of benzene rings is 1. The van der Waals surface area contributed by atoms with Crippen molar-refractivity contribution >= 4 is 22.5 Å². The molecule has 0 radical (unpaired) electrons. The number of carbonyl (C=O) groups is 1. The van der Waals surface area contributed by atoms with Crippen LogP contribution in [0, 0.1) is 0 Å². The predicted octanol–water partition coefficient (Wildman–Crippen LogP) is 3.37. The lowest BCUT2D eigenvalue weighted by molar-refractivity contribution is 0.102. The summed E-state index contributed by atoms with van der Waals surface area (Å²) in [5, 5.41) is 3.53. The fourth-order valence-corrected chi connectivity index (χ4v) is 2.83. The van der Waals surface area contributed by atoms with Crippen LogP contribution >= 0.6 is 0 Å². The molecule has 0 spiro atoms. The summed E-state index contributed by atoms with van der Waals surface area (Å²) in [6.07, 6.45) is 6.31. The summed E-state index contributed by atoms with van der Waals surface area (Å²) in [4.78, 5) is 32.7. The van der Waals surface area contributed by atoms with Crippen LogP contribution in [0.4, 0.5) is 5.69 Å². The second-order valence-corrected chi connectivity index (χ2v) is 6.12. The number of nitrogens with one attached hydrogen (secondary N) is 1. The van der Waals surface area contributed by atoms with Crippen LogP contribution in [0.5, 0.6) is 11.5 Å². The molecule has 0 fully saturated rings. The van der Waals surface area contributed by atoms with Crippen molar-refractivity contribution in [2.24, 2.45) is 7.05 Å². The number of amides is 1. The summed E-state index contributed by atoms with van der Waals surface area (Å²) in [6.45, 7) is 0. The van der Waals surface area contributed by atoms with E-state index in [9.17, 15) is 9.59 Å². The molecule has 3 heterocycles. The molecule has 4 rings (SSSR count). The monoisotopic (exact) mass is 372 g/mol. The van der Waals surface area contributed by atoms with Crippen molar-refractivity contribution in [3.05, 3.63) is 89.2 Å². The summed E-state index contributed by atoms with van der Waals surface area (Å²) in [7, 11) is 1.69. The molecule has 0 unspecified atom stereocenters. The molecular weight excluding hydrogens is 356 g/mol. The molecule has 28 heavy (non-hydrogen) atoms. The fraction of sp³-hybridized carbons (Fsp3) is 0.0476. The number of aromatic nitrogens is 3. The first-order chi connectivity index (χ1) is 13.6. The average Bonchev–Trinajstić information content (AvgIpc) is 2.73. The number of pyridine rings is 3. The largest absolute Gasteiger partial charge is 0.455 e. The molecule has 0 aliphatic rings. The number of nitrogens with zero attached hydrogens (tertiary/aromatic N) is 3. The van der Waals surface area contributed by atoms with Crippen LogP contribution in [0.2, 0.25) is 0 Å². The van der Waals surface area contributed by atoms with Crippen LogP contribution in [0.15, 0.2) is 78.1 Å². The Balaban J connectivity index is 1.75. The molecule has 0 saturated carbocycles. The quantitative estimate of drug-likeness (QED) is 0.594. The first-order valence-electron chi connectivity index (χ1n) is 8.55. The Kier molecular flexibility index (Phi) is 4.55. The normalized spacial score (nSPS) is 10.6. The van der Waals surface area contributed by atoms with Crippen molar-refractivity contribution in [2.75, 3.05) is 5.32 Å². The molecular formula is C21H16N4O3. The van der Waals surface area contributed by atoms with E-state index in [1.165, 1.54) is 16.8 Å². The summed E-state index contributed by atoms with van der Waals surface area (Å²) in [5.41, 5.74) is 1.52. The van der Waals surface area contributed by atoms with E-state index >= 15 is 0 Å².